The highest BCUT2D eigenvalue weighted by atomic mass is 16.5. The van der Waals surface area contributed by atoms with Crippen LogP contribution in [0.15, 0.2) is 0 Å². The van der Waals surface area contributed by atoms with E-state index in [4.69, 9.17) is 9.47 Å². The lowest BCUT2D eigenvalue weighted by molar-refractivity contribution is -0.119. The quantitative estimate of drug-likeness (QED) is 0.527. The molecule has 1 aliphatic carbocycles. The summed E-state index contributed by atoms with van der Waals surface area (Å²) in [4.78, 5) is 11.0. The molecule has 0 aromatic rings. The zero-order chi connectivity index (χ0) is 13.6. The molecule has 1 fully saturated rings. The number of nitrogens with one attached hydrogen (secondary N) is 1. The minimum atomic E-state index is -0.746. The van der Waals surface area contributed by atoms with E-state index in [1.54, 1.807) is 7.11 Å². The third-order valence-electron chi connectivity index (χ3n) is 3.28. The topological polar surface area (TPSA) is 88.0 Å². The molecule has 1 amide bonds. The summed E-state index contributed by atoms with van der Waals surface area (Å²) in [7, 11) is 1.60. The molecule has 1 rings (SSSR count). The van der Waals surface area contributed by atoms with Crippen LogP contribution < -0.4 is 5.32 Å². The fourth-order valence-electron chi connectivity index (χ4n) is 2.30. The van der Waals surface area contributed by atoms with Gasteiger partial charge in [0, 0.05) is 26.0 Å². The Hall–Kier alpha value is -0.690. The molecule has 3 N–H and O–H groups in total. The van der Waals surface area contributed by atoms with Gasteiger partial charge in [0.1, 0.15) is 0 Å². The lowest BCUT2D eigenvalue weighted by Crippen LogP contribution is -2.39. The van der Waals surface area contributed by atoms with E-state index in [1.165, 1.54) is 6.92 Å². The molecular weight excluding hydrogens is 238 g/mol. The lowest BCUT2D eigenvalue weighted by Gasteiger charge is -2.28. The van der Waals surface area contributed by atoms with Gasteiger partial charge in [0.2, 0.25) is 5.91 Å². The van der Waals surface area contributed by atoms with Crippen LogP contribution in [0, 0.1) is 5.41 Å². The molecule has 0 aromatic carbocycles. The molecule has 2 unspecified atom stereocenters. The van der Waals surface area contributed by atoms with Gasteiger partial charge in [-0.15, -0.1) is 0 Å². The maximum atomic E-state index is 11.0. The first-order valence-corrected chi connectivity index (χ1v) is 6.16. The number of hydrogen-bond acceptors (Lipinski definition) is 5. The van der Waals surface area contributed by atoms with E-state index in [-0.39, 0.29) is 5.91 Å². The zero-order valence-electron chi connectivity index (χ0n) is 11.0. The van der Waals surface area contributed by atoms with E-state index in [0.29, 0.717) is 39.2 Å². The lowest BCUT2D eigenvalue weighted by atomic mass is 9.86. The van der Waals surface area contributed by atoms with Gasteiger partial charge in [-0.05, 0) is 12.8 Å². The average molecular weight is 261 g/mol. The molecule has 0 spiro atoms. The number of rotatable bonds is 7. The average Bonchev–Trinajstić information content (AvgIpc) is 2.59. The largest absolute Gasteiger partial charge is 0.390 e. The molecule has 2 atom stereocenters. The fourth-order valence-corrected chi connectivity index (χ4v) is 2.30. The van der Waals surface area contributed by atoms with Crippen LogP contribution in [0.4, 0.5) is 0 Å². The van der Waals surface area contributed by atoms with Crippen LogP contribution in [0.5, 0.6) is 0 Å². The van der Waals surface area contributed by atoms with E-state index in [2.05, 4.69) is 5.32 Å². The van der Waals surface area contributed by atoms with Crippen molar-refractivity contribution in [1.82, 2.24) is 5.32 Å². The molecule has 6 heteroatoms. The third kappa shape index (κ3) is 4.53. The SMILES string of the molecule is COCCOCC1(CNC(C)=O)CC(O)C(O)C1. The molecule has 0 radical (unpaired) electrons. The molecule has 18 heavy (non-hydrogen) atoms. The van der Waals surface area contributed by atoms with Gasteiger partial charge in [-0.25, -0.2) is 0 Å². The summed E-state index contributed by atoms with van der Waals surface area (Å²) < 4.78 is 10.4. The van der Waals surface area contributed by atoms with Crippen molar-refractivity contribution in [2.45, 2.75) is 32.0 Å². The Labute approximate surface area is 107 Å². The van der Waals surface area contributed by atoms with Crippen LogP contribution >= 0.6 is 0 Å². The Morgan fingerprint density at radius 3 is 2.44 bits per heavy atom. The van der Waals surface area contributed by atoms with Gasteiger partial charge in [0.15, 0.2) is 0 Å². The first-order valence-electron chi connectivity index (χ1n) is 6.16. The Bertz CT molecular complexity index is 261. The van der Waals surface area contributed by atoms with Crippen LogP contribution in [0.2, 0.25) is 0 Å². The van der Waals surface area contributed by atoms with Crippen molar-refractivity contribution in [3.63, 3.8) is 0 Å². The Morgan fingerprint density at radius 1 is 1.33 bits per heavy atom. The number of ether oxygens (including phenoxy) is 2. The van der Waals surface area contributed by atoms with Crippen molar-refractivity contribution < 1.29 is 24.5 Å². The van der Waals surface area contributed by atoms with Gasteiger partial charge in [-0.1, -0.05) is 0 Å². The summed E-state index contributed by atoms with van der Waals surface area (Å²) in [6.07, 6.45) is -0.627. The molecule has 0 bridgehead atoms. The number of carbonyl (C=O) groups excluding carboxylic acids is 1. The summed E-state index contributed by atoms with van der Waals surface area (Å²) in [6, 6.07) is 0. The summed E-state index contributed by atoms with van der Waals surface area (Å²) in [5.74, 6) is -0.123. The molecule has 0 heterocycles. The highest BCUT2D eigenvalue weighted by molar-refractivity contribution is 5.72. The van der Waals surface area contributed by atoms with Gasteiger partial charge in [-0.2, -0.15) is 0 Å². The predicted molar refractivity (Wildman–Crippen MR) is 65.1 cm³/mol. The van der Waals surface area contributed by atoms with Crippen molar-refractivity contribution in [1.29, 1.82) is 0 Å². The van der Waals surface area contributed by atoms with E-state index in [1.807, 2.05) is 0 Å². The number of aliphatic hydroxyl groups is 2. The number of methoxy groups -OCH3 is 1. The molecule has 6 nitrogen and oxygen atoms in total. The number of amides is 1. The van der Waals surface area contributed by atoms with E-state index in [0.717, 1.165) is 0 Å². The minimum absolute atomic E-state index is 0.123. The summed E-state index contributed by atoms with van der Waals surface area (Å²) in [5.41, 5.74) is -0.391. The normalized spacial score (nSPS) is 31.6. The Balaban J connectivity index is 2.49. The highest BCUT2D eigenvalue weighted by Gasteiger charge is 2.44. The standard InChI is InChI=1S/C12H23NO5/c1-9(14)13-7-12(8-18-4-3-17-2)5-10(15)11(16)6-12/h10-11,15-16H,3-8H2,1-2H3,(H,13,14). The summed E-state index contributed by atoms with van der Waals surface area (Å²) in [5, 5.41) is 22.1. The fraction of sp³-hybridized carbons (Fsp3) is 0.917. The number of hydrogen-bond donors (Lipinski definition) is 3. The monoisotopic (exact) mass is 261 g/mol. The van der Waals surface area contributed by atoms with Crippen LogP contribution in [0.1, 0.15) is 19.8 Å². The number of aliphatic hydroxyl groups excluding tert-OH is 2. The van der Waals surface area contributed by atoms with Crippen molar-refractivity contribution in [3.8, 4) is 0 Å². The van der Waals surface area contributed by atoms with Crippen LogP contribution in [-0.2, 0) is 14.3 Å². The second-order valence-electron chi connectivity index (χ2n) is 5.00. The van der Waals surface area contributed by atoms with Gasteiger partial charge in [-0.3, -0.25) is 4.79 Å². The van der Waals surface area contributed by atoms with E-state index < -0.39 is 17.6 Å². The smallest absolute Gasteiger partial charge is 0.216 e. The van der Waals surface area contributed by atoms with Crippen molar-refractivity contribution in [3.05, 3.63) is 0 Å². The Kier molecular flexibility index (Phi) is 6.01. The molecule has 1 aliphatic rings. The first kappa shape index (κ1) is 15.4. The maximum absolute atomic E-state index is 11.0. The second-order valence-corrected chi connectivity index (χ2v) is 5.00. The van der Waals surface area contributed by atoms with E-state index >= 15 is 0 Å². The Morgan fingerprint density at radius 2 is 1.94 bits per heavy atom. The van der Waals surface area contributed by atoms with Gasteiger partial charge >= 0.3 is 0 Å². The summed E-state index contributed by atoms with van der Waals surface area (Å²) >= 11 is 0. The zero-order valence-corrected chi connectivity index (χ0v) is 11.0. The minimum Gasteiger partial charge on any atom is -0.390 e. The van der Waals surface area contributed by atoms with Crippen molar-refractivity contribution >= 4 is 5.91 Å². The molecule has 106 valence electrons. The van der Waals surface area contributed by atoms with Crippen molar-refractivity contribution in [2.24, 2.45) is 5.41 Å². The third-order valence-corrected chi connectivity index (χ3v) is 3.28. The molecule has 0 aliphatic heterocycles. The molecule has 0 saturated heterocycles. The molecular formula is C12H23NO5. The molecule has 1 saturated carbocycles. The molecule has 0 aromatic heterocycles. The second kappa shape index (κ2) is 7.04. The first-order chi connectivity index (χ1) is 8.49. The van der Waals surface area contributed by atoms with Gasteiger partial charge < -0.3 is 25.0 Å². The predicted octanol–water partition coefficient (Wildman–Crippen LogP) is -0.712. The van der Waals surface area contributed by atoms with Crippen LogP contribution in [0.25, 0.3) is 0 Å². The van der Waals surface area contributed by atoms with Crippen molar-refractivity contribution in [2.75, 3.05) is 33.5 Å². The van der Waals surface area contributed by atoms with E-state index in [9.17, 15) is 15.0 Å². The highest BCUT2D eigenvalue weighted by Crippen LogP contribution is 2.38. The van der Waals surface area contributed by atoms with Crippen LogP contribution in [-0.4, -0.2) is 61.8 Å². The van der Waals surface area contributed by atoms with Gasteiger partial charge in [0.25, 0.3) is 0 Å². The number of carbonyl (C=O) groups is 1. The maximum Gasteiger partial charge on any atom is 0.216 e. The van der Waals surface area contributed by atoms with Crippen LogP contribution in [0.3, 0.4) is 0 Å². The summed E-state index contributed by atoms with van der Waals surface area (Å²) in [6.45, 7) is 3.21. The van der Waals surface area contributed by atoms with Gasteiger partial charge in [0.05, 0.1) is 32.0 Å².